The van der Waals surface area contributed by atoms with Gasteiger partial charge in [0.1, 0.15) is 5.82 Å². The maximum atomic E-state index is 8.52. The average Bonchev–Trinajstić information content (AvgIpc) is 3.00. The van der Waals surface area contributed by atoms with Crippen LogP contribution in [0, 0.1) is 11.3 Å². The van der Waals surface area contributed by atoms with E-state index in [2.05, 4.69) is 43.1 Å². The highest BCUT2D eigenvalue weighted by atomic mass is 32.2. The second-order valence-corrected chi connectivity index (χ2v) is 6.78. The fourth-order valence-corrected chi connectivity index (χ4v) is 3.06. The summed E-state index contributed by atoms with van der Waals surface area (Å²) in [5.74, 6) is 0.962. The van der Waals surface area contributed by atoms with Crippen LogP contribution >= 0.6 is 11.8 Å². The van der Waals surface area contributed by atoms with E-state index in [1.165, 1.54) is 23.4 Å². The van der Waals surface area contributed by atoms with Crippen LogP contribution < -0.4 is 0 Å². The van der Waals surface area contributed by atoms with Crippen LogP contribution in [0.15, 0.2) is 64.9 Å². The molecule has 114 valence electrons. The Morgan fingerprint density at radius 3 is 2.57 bits per heavy atom. The maximum Gasteiger partial charge on any atom is 0.117 e. The highest BCUT2D eigenvalue weighted by Crippen LogP contribution is 2.32. The first kappa shape index (κ1) is 15.4. The number of hydrogen-bond acceptors (Lipinski definition) is 3. The Kier molecular flexibility index (Phi) is 4.22. The number of hydrogen-bond donors (Lipinski definition) is 1. The van der Waals surface area contributed by atoms with Crippen molar-refractivity contribution >= 4 is 22.8 Å². The van der Waals surface area contributed by atoms with Crippen molar-refractivity contribution in [3.05, 3.63) is 71.4 Å². The van der Waals surface area contributed by atoms with Gasteiger partial charge in [-0.2, -0.15) is 5.26 Å². The number of allylic oxidation sites excluding steroid dienone is 1. The van der Waals surface area contributed by atoms with E-state index in [1.54, 1.807) is 5.41 Å². The van der Waals surface area contributed by atoms with Crippen molar-refractivity contribution in [2.24, 2.45) is 0 Å². The highest BCUT2D eigenvalue weighted by Gasteiger charge is 2.26. The van der Waals surface area contributed by atoms with Crippen LogP contribution in [0.5, 0.6) is 0 Å². The summed E-state index contributed by atoms with van der Waals surface area (Å²) in [6, 6.07) is 18.5. The molecule has 3 aromatic rings. The molecule has 0 saturated carbocycles. The van der Waals surface area contributed by atoms with Gasteiger partial charge in [0.25, 0.3) is 0 Å². The number of para-hydroxylation sites is 2. The van der Waals surface area contributed by atoms with Crippen LogP contribution in [0.3, 0.4) is 0 Å². The first-order valence-electron chi connectivity index (χ1n) is 7.38. The molecular formula is C19H17N3S. The average molecular weight is 319 g/mol. The van der Waals surface area contributed by atoms with Gasteiger partial charge in [-0.3, -0.25) is 0 Å². The highest BCUT2D eigenvalue weighted by molar-refractivity contribution is 8.02. The summed E-state index contributed by atoms with van der Waals surface area (Å²) < 4.78 is 0. The molecule has 0 unspecified atom stereocenters. The van der Waals surface area contributed by atoms with Crippen molar-refractivity contribution in [1.29, 1.82) is 5.26 Å². The number of aromatic nitrogens is 2. The molecule has 1 aromatic heterocycles. The topological polar surface area (TPSA) is 52.5 Å². The van der Waals surface area contributed by atoms with Gasteiger partial charge in [0, 0.05) is 16.4 Å². The largest absolute Gasteiger partial charge is 0.341 e. The molecule has 3 nitrogen and oxygen atoms in total. The number of rotatable bonds is 4. The number of benzene rings is 2. The van der Waals surface area contributed by atoms with Gasteiger partial charge in [0.15, 0.2) is 0 Å². The zero-order valence-corrected chi connectivity index (χ0v) is 13.9. The van der Waals surface area contributed by atoms with Gasteiger partial charge in [-0.1, -0.05) is 36.0 Å². The number of nitrogens with zero attached hydrogens (tertiary/aromatic N) is 2. The summed E-state index contributed by atoms with van der Waals surface area (Å²) in [7, 11) is 0. The third kappa shape index (κ3) is 3.15. The fourth-order valence-electron chi connectivity index (χ4n) is 2.48. The fraction of sp³-hybridized carbons (Fsp3) is 0.158. The van der Waals surface area contributed by atoms with Crippen LogP contribution in [0.4, 0.5) is 0 Å². The van der Waals surface area contributed by atoms with Crippen molar-refractivity contribution in [3.63, 3.8) is 0 Å². The van der Waals surface area contributed by atoms with Gasteiger partial charge in [0.05, 0.1) is 17.1 Å². The predicted molar refractivity (Wildman–Crippen MR) is 95.3 cm³/mol. The number of imidazole rings is 1. The van der Waals surface area contributed by atoms with Crippen LogP contribution in [0.1, 0.15) is 25.2 Å². The molecule has 4 heteroatoms. The number of nitriles is 1. The van der Waals surface area contributed by atoms with Gasteiger partial charge in [-0.15, -0.1) is 0 Å². The van der Waals surface area contributed by atoms with Gasteiger partial charge in [-0.25, -0.2) is 4.98 Å². The smallest absolute Gasteiger partial charge is 0.117 e. The molecule has 0 aliphatic carbocycles. The Balaban J connectivity index is 1.89. The van der Waals surface area contributed by atoms with Crippen molar-refractivity contribution in [2.45, 2.75) is 24.2 Å². The Morgan fingerprint density at radius 1 is 1.13 bits per heavy atom. The summed E-state index contributed by atoms with van der Waals surface area (Å²) in [5.41, 5.74) is 3.05. The molecule has 0 amide bonds. The Labute approximate surface area is 140 Å². The molecule has 0 fully saturated rings. The van der Waals surface area contributed by atoms with Crippen LogP contribution in [-0.4, -0.2) is 9.97 Å². The number of thioether (sulfide) groups is 1. The molecule has 0 aliphatic rings. The lowest BCUT2D eigenvalue weighted by molar-refractivity contribution is 0.600. The first-order valence-corrected chi connectivity index (χ1v) is 8.26. The standard InChI is InChI=1S/C19H17N3S/c1-19(2,18-21-16-6-3-4-7-17(16)22-18)14-8-10-15(11-9-14)23-13-5-12-20/h3-11,13H,1-2H3,(H,21,22)/b13-5+. The van der Waals surface area contributed by atoms with E-state index in [9.17, 15) is 0 Å². The summed E-state index contributed by atoms with van der Waals surface area (Å²) in [6.07, 6.45) is 1.48. The number of aromatic amines is 1. The van der Waals surface area contributed by atoms with Gasteiger partial charge >= 0.3 is 0 Å². The van der Waals surface area contributed by atoms with Crippen LogP contribution in [-0.2, 0) is 5.41 Å². The molecule has 0 aliphatic heterocycles. The lowest BCUT2D eigenvalue weighted by Crippen LogP contribution is -2.20. The quantitative estimate of drug-likeness (QED) is 0.543. The van der Waals surface area contributed by atoms with E-state index < -0.39 is 0 Å². The number of fused-ring (bicyclic) bond motifs is 1. The molecule has 0 radical (unpaired) electrons. The minimum absolute atomic E-state index is 0.204. The lowest BCUT2D eigenvalue weighted by Gasteiger charge is -2.23. The van der Waals surface area contributed by atoms with E-state index in [0.29, 0.717) is 0 Å². The Bertz CT molecular complexity index is 850. The van der Waals surface area contributed by atoms with Gasteiger partial charge in [0.2, 0.25) is 0 Å². The minimum atomic E-state index is -0.204. The zero-order chi connectivity index (χ0) is 16.3. The van der Waals surface area contributed by atoms with Gasteiger partial charge < -0.3 is 4.98 Å². The third-order valence-corrected chi connectivity index (χ3v) is 4.72. The van der Waals surface area contributed by atoms with E-state index in [0.717, 1.165) is 21.8 Å². The van der Waals surface area contributed by atoms with Crippen LogP contribution in [0.25, 0.3) is 11.0 Å². The second-order valence-electron chi connectivity index (χ2n) is 5.80. The van der Waals surface area contributed by atoms with Crippen molar-refractivity contribution in [2.75, 3.05) is 0 Å². The third-order valence-electron chi connectivity index (χ3n) is 3.90. The summed E-state index contributed by atoms with van der Waals surface area (Å²) in [6.45, 7) is 4.34. The Hall–Kier alpha value is -2.51. The van der Waals surface area contributed by atoms with Crippen LogP contribution in [0.2, 0.25) is 0 Å². The maximum absolute atomic E-state index is 8.52. The number of H-pyrrole nitrogens is 1. The zero-order valence-electron chi connectivity index (χ0n) is 13.1. The molecule has 23 heavy (non-hydrogen) atoms. The molecule has 0 saturated heterocycles. The normalized spacial score (nSPS) is 11.9. The molecule has 1 heterocycles. The Morgan fingerprint density at radius 2 is 1.87 bits per heavy atom. The van der Waals surface area contributed by atoms with E-state index in [4.69, 9.17) is 10.2 Å². The van der Waals surface area contributed by atoms with Crippen molar-refractivity contribution < 1.29 is 0 Å². The first-order chi connectivity index (χ1) is 11.1. The SMILES string of the molecule is CC(C)(c1ccc(S/C=C/C#N)cc1)c1nc2ccccc2[nH]1. The minimum Gasteiger partial charge on any atom is -0.341 e. The lowest BCUT2D eigenvalue weighted by atomic mass is 9.84. The monoisotopic (exact) mass is 319 g/mol. The summed E-state index contributed by atoms with van der Waals surface area (Å²) in [5, 5.41) is 10.3. The van der Waals surface area contributed by atoms with E-state index in [1.807, 2.05) is 30.3 Å². The predicted octanol–water partition coefficient (Wildman–Crippen LogP) is 5.02. The molecule has 0 spiro atoms. The molecule has 0 bridgehead atoms. The van der Waals surface area contributed by atoms with E-state index in [-0.39, 0.29) is 5.41 Å². The molecule has 3 rings (SSSR count). The van der Waals surface area contributed by atoms with Crippen molar-refractivity contribution in [1.82, 2.24) is 9.97 Å². The molecule has 2 aromatic carbocycles. The molecule has 0 atom stereocenters. The second kappa shape index (κ2) is 6.31. The summed E-state index contributed by atoms with van der Waals surface area (Å²) in [4.78, 5) is 9.27. The molecule has 1 N–H and O–H groups in total. The number of nitrogens with one attached hydrogen (secondary N) is 1. The van der Waals surface area contributed by atoms with Gasteiger partial charge in [-0.05, 0) is 49.1 Å². The van der Waals surface area contributed by atoms with Crippen molar-refractivity contribution in [3.8, 4) is 6.07 Å². The summed E-state index contributed by atoms with van der Waals surface area (Å²) >= 11 is 1.54. The molecular weight excluding hydrogens is 302 g/mol. The van der Waals surface area contributed by atoms with E-state index >= 15 is 0 Å².